The highest BCUT2D eigenvalue weighted by Crippen LogP contribution is 2.23. The minimum absolute atomic E-state index is 0.145. The molecular formula is C21H31N3O3. The molecule has 1 aromatic rings. The van der Waals surface area contributed by atoms with Crippen molar-refractivity contribution in [3.63, 3.8) is 0 Å². The van der Waals surface area contributed by atoms with Crippen molar-refractivity contribution in [2.24, 2.45) is 5.73 Å². The lowest BCUT2D eigenvalue weighted by Crippen LogP contribution is -2.55. The standard InChI is InChI=1S/C21H31N3O3/c22-17(14-15-8-3-1-4-9-15)21(27)24-13-7-12-18(24)19(25)20(26)23-16-10-5-2-6-11-16/h1,3-4,8-9,16-19,25H,2,5-7,10-14,22H2,(H,23,26)/t17-,18?,19?/m0/s1. The van der Waals surface area contributed by atoms with Crippen LogP contribution in [0.1, 0.15) is 50.5 Å². The zero-order chi connectivity index (χ0) is 19.2. The van der Waals surface area contributed by atoms with Crippen molar-refractivity contribution in [2.45, 2.75) is 75.6 Å². The fraction of sp³-hybridized carbons (Fsp3) is 0.619. The van der Waals surface area contributed by atoms with Crippen LogP contribution in [0, 0.1) is 0 Å². The first kappa shape index (κ1) is 19.8. The van der Waals surface area contributed by atoms with Gasteiger partial charge in [0.25, 0.3) is 5.91 Å². The fourth-order valence-electron chi connectivity index (χ4n) is 4.27. The third kappa shape index (κ3) is 5.08. The summed E-state index contributed by atoms with van der Waals surface area (Å²) in [6.45, 7) is 0.541. The van der Waals surface area contributed by atoms with Gasteiger partial charge in [0.1, 0.15) is 0 Å². The molecule has 2 amide bonds. The Hall–Kier alpha value is -1.92. The van der Waals surface area contributed by atoms with Gasteiger partial charge in [-0.05, 0) is 37.7 Å². The quantitative estimate of drug-likeness (QED) is 0.701. The molecule has 1 aliphatic carbocycles. The third-order valence-corrected chi connectivity index (χ3v) is 5.78. The van der Waals surface area contributed by atoms with Crippen LogP contribution in [0.3, 0.4) is 0 Å². The molecule has 1 saturated carbocycles. The highest BCUT2D eigenvalue weighted by molar-refractivity contribution is 5.85. The molecule has 0 spiro atoms. The van der Waals surface area contributed by atoms with Crippen LogP contribution in [-0.2, 0) is 16.0 Å². The number of hydrogen-bond acceptors (Lipinski definition) is 4. The van der Waals surface area contributed by atoms with Crippen LogP contribution in [0.2, 0.25) is 0 Å². The molecule has 2 unspecified atom stereocenters. The largest absolute Gasteiger partial charge is 0.381 e. The van der Waals surface area contributed by atoms with Crippen LogP contribution >= 0.6 is 0 Å². The molecule has 2 aliphatic rings. The highest BCUT2D eigenvalue weighted by atomic mass is 16.3. The zero-order valence-electron chi connectivity index (χ0n) is 15.8. The molecule has 1 heterocycles. The first-order chi connectivity index (χ1) is 13.1. The van der Waals surface area contributed by atoms with Gasteiger partial charge in [-0.15, -0.1) is 0 Å². The topological polar surface area (TPSA) is 95.7 Å². The molecule has 1 aromatic carbocycles. The van der Waals surface area contributed by atoms with Crippen molar-refractivity contribution in [3.05, 3.63) is 35.9 Å². The number of amides is 2. The smallest absolute Gasteiger partial charge is 0.251 e. The van der Waals surface area contributed by atoms with Crippen LogP contribution in [-0.4, -0.2) is 52.6 Å². The second kappa shape index (κ2) is 9.33. The highest BCUT2D eigenvalue weighted by Gasteiger charge is 2.39. The predicted molar refractivity (Wildman–Crippen MR) is 104 cm³/mol. The normalized spacial score (nSPS) is 23.0. The summed E-state index contributed by atoms with van der Waals surface area (Å²) in [5, 5.41) is 13.6. The maximum atomic E-state index is 12.8. The maximum absolute atomic E-state index is 12.8. The molecule has 3 atom stereocenters. The van der Waals surface area contributed by atoms with E-state index < -0.39 is 18.2 Å². The number of rotatable bonds is 6. The van der Waals surface area contributed by atoms with E-state index in [-0.39, 0.29) is 17.9 Å². The van der Waals surface area contributed by atoms with Crippen molar-refractivity contribution >= 4 is 11.8 Å². The second-order valence-corrected chi connectivity index (χ2v) is 7.83. The van der Waals surface area contributed by atoms with E-state index in [2.05, 4.69) is 5.32 Å². The van der Waals surface area contributed by atoms with E-state index in [0.29, 0.717) is 19.4 Å². The predicted octanol–water partition coefficient (Wildman–Crippen LogP) is 1.36. The summed E-state index contributed by atoms with van der Waals surface area (Å²) in [6.07, 6.45) is 6.04. The Morgan fingerprint density at radius 2 is 1.81 bits per heavy atom. The van der Waals surface area contributed by atoms with Gasteiger partial charge in [-0.1, -0.05) is 49.6 Å². The van der Waals surface area contributed by atoms with E-state index >= 15 is 0 Å². The monoisotopic (exact) mass is 373 g/mol. The Balaban J connectivity index is 1.58. The van der Waals surface area contributed by atoms with Gasteiger partial charge in [0.2, 0.25) is 5.91 Å². The van der Waals surface area contributed by atoms with Crippen molar-refractivity contribution in [3.8, 4) is 0 Å². The van der Waals surface area contributed by atoms with Gasteiger partial charge in [0.15, 0.2) is 6.10 Å². The second-order valence-electron chi connectivity index (χ2n) is 7.83. The summed E-state index contributed by atoms with van der Waals surface area (Å²) in [5.41, 5.74) is 7.15. The Morgan fingerprint density at radius 3 is 2.52 bits per heavy atom. The molecule has 148 valence electrons. The Kier molecular flexibility index (Phi) is 6.85. The number of carbonyl (C=O) groups excluding carboxylic acids is 2. The van der Waals surface area contributed by atoms with Gasteiger partial charge in [-0.25, -0.2) is 0 Å². The van der Waals surface area contributed by atoms with Crippen LogP contribution in [0.25, 0.3) is 0 Å². The molecule has 6 nitrogen and oxygen atoms in total. The zero-order valence-corrected chi connectivity index (χ0v) is 15.8. The van der Waals surface area contributed by atoms with Crippen molar-refractivity contribution in [1.29, 1.82) is 0 Å². The van der Waals surface area contributed by atoms with E-state index in [4.69, 9.17) is 5.73 Å². The summed E-state index contributed by atoms with van der Waals surface area (Å²) in [6, 6.07) is 8.66. The van der Waals surface area contributed by atoms with Crippen molar-refractivity contribution in [2.75, 3.05) is 6.54 Å². The van der Waals surface area contributed by atoms with E-state index in [0.717, 1.165) is 37.7 Å². The summed E-state index contributed by atoms with van der Waals surface area (Å²) in [7, 11) is 0. The number of carbonyl (C=O) groups is 2. The van der Waals surface area contributed by atoms with Gasteiger partial charge < -0.3 is 21.1 Å². The average Bonchev–Trinajstić information content (AvgIpc) is 3.18. The maximum Gasteiger partial charge on any atom is 0.251 e. The number of nitrogens with zero attached hydrogens (tertiary/aromatic N) is 1. The molecule has 0 aromatic heterocycles. The summed E-state index contributed by atoms with van der Waals surface area (Å²) in [4.78, 5) is 26.9. The summed E-state index contributed by atoms with van der Waals surface area (Å²) >= 11 is 0. The molecule has 3 rings (SSSR count). The van der Waals surface area contributed by atoms with Gasteiger partial charge in [-0.3, -0.25) is 9.59 Å². The number of aliphatic hydroxyl groups excluding tert-OH is 1. The van der Waals surface area contributed by atoms with Crippen LogP contribution in [0.4, 0.5) is 0 Å². The van der Waals surface area contributed by atoms with Crippen molar-refractivity contribution < 1.29 is 14.7 Å². The third-order valence-electron chi connectivity index (χ3n) is 5.78. The lowest BCUT2D eigenvalue weighted by atomic mass is 9.95. The van der Waals surface area contributed by atoms with Crippen LogP contribution < -0.4 is 11.1 Å². The minimum Gasteiger partial charge on any atom is -0.381 e. The molecule has 1 aliphatic heterocycles. The summed E-state index contributed by atoms with van der Waals surface area (Å²) < 4.78 is 0. The van der Waals surface area contributed by atoms with E-state index in [1.165, 1.54) is 6.42 Å². The number of likely N-dealkylation sites (tertiary alicyclic amines) is 1. The van der Waals surface area contributed by atoms with E-state index in [9.17, 15) is 14.7 Å². The average molecular weight is 373 g/mol. The van der Waals surface area contributed by atoms with E-state index in [1.54, 1.807) is 4.90 Å². The Labute approximate surface area is 161 Å². The molecule has 27 heavy (non-hydrogen) atoms. The SMILES string of the molecule is N[C@@H](Cc1ccccc1)C(=O)N1CCCC1C(O)C(=O)NC1CCCCC1. The molecular weight excluding hydrogens is 342 g/mol. The first-order valence-corrected chi connectivity index (χ1v) is 10.1. The Bertz CT molecular complexity index is 631. The first-order valence-electron chi connectivity index (χ1n) is 10.1. The van der Waals surface area contributed by atoms with Crippen LogP contribution in [0.5, 0.6) is 0 Å². The molecule has 0 bridgehead atoms. The molecule has 2 fully saturated rings. The summed E-state index contributed by atoms with van der Waals surface area (Å²) in [5.74, 6) is -0.547. The molecule has 0 radical (unpaired) electrons. The number of nitrogens with two attached hydrogens (primary N) is 1. The number of benzene rings is 1. The number of hydrogen-bond donors (Lipinski definition) is 3. The minimum atomic E-state index is -1.19. The van der Waals surface area contributed by atoms with E-state index in [1.807, 2.05) is 30.3 Å². The number of aliphatic hydroxyl groups is 1. The van der Waals surface area contributed by atoms with Crippen molar-refractivity contribution in [1.82, 2.24) is 10.2 Å². The van der Waals surface area contributed by atoms with Gasteiger partial charge in [-0.2, -0.15) is 0 Å². The number of nitrogens with one attached hydrogen (secondary N) is 1. The lowest BCUT2D eigenvalue weighted by molar-refractivity contribution is -0.140. The Morgan fingerprint density at radius 1 is 1.11 bits per heavy atom. The fourth-order valence-corrected chi connectivity index (χ4v) is 4.27. The van der Waals surface area contributed by atoms with Crippen LogP contribution in [0.15, 0.2) is 30.3 Å². The van der Waals surface area contributed by atoms with Gasteiger partial charge >= 0.3 is 0 Å². The molecule has 1 saturated heterocycles. The van der Waals surface area contributed by atoms with Gasteiger partial charge in [0, 0.05) is 12.6 Å². The van der Waals surface area contributed by atoms with Gasteiger partial charge in [0.05, 0.1) is 12.1 Å². The molecule has 6 heteroatoms. The lowest BCUT2D eigenvalue weighted by Gasteiger charge is -2.31. The molecule has 4 N–H and O–H groups in total.